The number of nitrogens with one attached hydrogen (secondary N) is 4. The number of pyridine rings is 2. The Morgan fingerprint density at radius 3 is 2.68 bits per heavy atom. The van der Waals surface area contributed by atoms with Crippen molar-refractivity contribution < 1.29 is 14.3 Å². The van der Waals surface area contributed by atoms with Crippen LogP contribution in [0.25, 0.3) is 10.9 Å². The molecule has 2 aromatic rings. The van der Waals surface area contributed by atoms with E-state index in [-0.39, 0.29) is 37.0 Å². The number of carbonyl (C=O) groups is 1. The van der Waals surface area contributed by atoms with Crippen LogP contribution in [0.1, 0.15) is 39.0 Å². The van der Waals surface area contributed by atoms with Gasteiger partial charge in [0.05, 0.1) is 18.8 Å². The van der Waals surface area contributed by atoms with Crippen LogP contribution in [0.4, 0.5) is 16.4 Å². The highest BCUT2D eigenvalue weighted by Gasteiger charge is 2.44. The third-order valence-electron chi connectivity index (χ3n) is 6.89. The highest BCUT2D eigenvalue weighted by atomic mass is 16.6. The zero-order chi connectivity index (χ0) is 23.7. The Morgan fingerprint density at radius 2 is 2.00 bits per heavy atom. The van der Waals surface area contributed by atoms with Gasteiger partial charge < -0.3 is 25.0 Å². The lowest BCUT2D eigenvalue weighted by molar-refractivity contribution is 0.0749. The molecule has 3 aliphatic rings. The van der Waals surface area contributed by atoms with E-state index < -0.39 is 0 Å². The summed E-state index contributed by atoms with van der Waals surface area (Å²) in [5, 5.41) is 8.08. The molecule has 2 aromatic heterocycles. The molecule has 2 bridgehead atoms. The minimum absolute atomic E-state index is 0.0825. The van der Waals surface area contributed by atoms with Crippen LogP contribution in [0.3, 0.4) is 0 Å². The Balaban J connectivity index is 1.36. The number of piperidine rings is 1. The minimum Gasteiger partial charge on any atom is -0.481 e. The Labute approximate surface area is 199 Å². The Kier molecular flexibility index (Phi) is 6.42. The van der Waals surface area contributed by atoms with E-state index in [2.05, 4.69) is 40.0 Å². The number of amides is 1. The largest absolute Gasteiger partial charge is 0.481 e. The first-order valence-corrected chi connectivity index (χ1v) is 12.0. The summed E-state index contributed by atoms with van der Waals surface area (Å²) in [6.45, 7) is 6.01. The number of methoxy groups -OCH3 is 1. The average Bonchev–Trinajstić information content (AvgIpc) is 3.36. The molecule has 0 saturated carbocycles. The smallest absolute Gasteiger partial charge is 0.410 e. The van der Waals surface area contributed by atoms with Gasteiger partial charge in [0.2, 0.25) is 5.88 Å². The first-order chi connectivity index (χ1) is 16.5. The van der Waals surface area contributed by atoms with Crippen LogP contribution in [0.15, 0.2) is 30.9 Å². The van der Waals surface area contributed by atoms with Crippen LogP contribution in [-0.4, -0.2) is 65.0 Å². The maximum absolute atomic E-state index is 12.5. The number of ether oxygens (including phenoxy) is 2. The number of hydrogen-bond donors (Lipinski definition) is 4. The maximum Gasteiger partial charge on any atom is 0.410 e. The molecule has 34 heavy (non-hydrogen) atoms. The highest BCUT2D eigenvalue weighted by molar-refractivity contribution is 5.91. The van der Waals surface area contributed by atoms with Gasteiger partial charge in [-0.1, -0.05) is 12.7 Å². The second kappa shape index (κ2) is 9.63. The standard InChI is InChI=1S/C24H33N7O3/c1-4-9-34-24(32)31-16-5-6-17(31)12-15(11-16)25-23-18-7-8-22(33-3)26-19(18)13-20(28-23)27-21-10-14(2)29-30-21/h4,7-8,13-17,21,29-30H,1,5-6,9-12H2,2-3H3,(H2,25,27,28)/t14?,15?,16-,17+,21?. The topological polar surface area (TPSA) is 113 Å². The van der Waals surface area contributed by atoms with Gasteiger partial charge in [0, 0.05) is 41.7 Å². The molecule has 3 saturated heterocycles. The molecule has 0 radical (unpaired) electrons. The number of hydrazine groups is 1. The molecule has 5 rings (SSSR count). The van der Waals surface area contributed by atoms with Crippen molar-refractivity contribution >= 4 is 28.6 Å². The van der Waals surface area contributed by atoms with Gasteiger partial charge in [-0.3, -0.25) is 5.43 Å². The number of aromatic nitrogens is 2. The van der Waals surface area contributed by atoms with Gasteiger partial charge in [-0.05, 0) is 45.1 Å². The highest BCUT2D eigenvalue weighted by Crippen LogP contribution is 2.38. The van der Waals surface area contributed by atoms with Crippen LogP contribution in [-0.2, 0) is 4.74 Å². The number of anilines is 2. The van der Waals surface area contributed by atoms with Gasteiger partial charge >= 0.3 is 6.09 Å². The first-order valence-electron chi connectivity index (χ1n) is 12.0. The van der Waals surface area contributed by atoms with Crippen molar-refractivity contribution in [2.45, 2.75) is 69.4 Å². The van der Waals surface area contributed by atoms with E-state index in [1.165, 1.54) is 0 Å². The summed E-state index contributed by atoms with van der Waals surface area (Å²) >= 11 is 0. The number of hydrogen-bond acceptors (Lipinski definition) is 9. The molecule has 0 aromatic carbocycles. The van der Waals surface area contributed by atoms with Gasteiger partial charge in [-0.2, -0.15) is 0 Å². The summed E-state index contributed by atoms with van der Waals surface area (Å²) in [5.74, 6) is 2.10. The number of nitrogens with zero attached hydrogens (tertiary/aromatic N) is 3. The summed E-state index contributed by atoms with van der Waals surface area (Å²) in [7, 11) is 1.62. The monoisotopic (exact) mass is 467 g/mol. The van der Waals surface area contributed by atoms with Crippen molar-refractivity contribution in [1.29, 1.82) is 0 Å². The van der Waals surface area contributed by atoms with Crippen molar-refractivity contribution in [1.82, 2.24) is 25.7 Å². The molecule has 10 nitrogen and oxygen atoms in total. The predicted octanol–water partition coefficient (Wildman–Crippen LogP) is 2.99. The van der Waals surface area contributed by atoms with Gasteiger partial charge in [-0.15, -0.1) is 0 Å². The molecule has 3 aliphatic heterocycles. The molecule has 5 atom stereocenters. The summed E-state index contributed by atoms with van der Waals surface area (Å²) < 4.78 is 10.7. The van der Waals surface area contributed by atoms with E-state index in [4.69, 9.17) is 14.5 Å². The van der Waals surface area contributed by atoms with Crippen molar-refractivity contribution in [3.63, 3.8) is 0 Å². The molecule has 4 N–H and O–H groups in total. The van der Waals surface area contributed by atoms with Crippen LogP contribution in [0.2, 0.25) is 0 Å². The van der Waals surface area contributed by atoms with Crippen molar-refractivity contribution in [3.05, 3.63) is 30.9 Å². The van der Waals surface area contributed by atoms with E-state index >= 15 is 0 Å². The lowest BCUT2D eigenvalue weighted by atomic mass is 9.97. The first kappa shape index (κ1) is 22.7. The minimum atomic E-state index is -0.233. The molecule has 10 heteroatoms. The number of carbonyl (C=O) groups excluding carboxylic acids is 1. The van der Waals surface area contributed by atoms with E-state index in [1.54, 1.807) is 13.2 Å². The van der Waals surface area contributed by atoms with Gasteiger partial charge in [-0.25, -0.2) is 20.2 Å². The van der Waals surface area contributed by atoms with E-state index in [0.29, 0.717) is 11.9 Å². The second-order valence-corrected chi connectivity index (χ2v) is 9.37. The third kappa shape index (κ3) is 4.60. The van der Waals surface area contributed by atoms with E-state index in [0.717, 1.165) is 54.6 Å². The Hall–Kier alpha value is -3.11. The molecular formula is C24H33N7O3. The summed E-state index contributed by atoms with van der Waals surface area (Å²) in [5.41, 5.74) is 7.29. The third-order valence-corrected chi connectivity index (χ3v) is 6.89. The molecule has 1 amide bonds. The van der Waals surface area contributed by atoms with Crippen LogP contribution in [0, 0.1) is 0 Å². The fraction of sp³-hybridized carbons (Fsp3) is 0.542. The number of fused-ring (bicyclic) bond motifs is 3. The lowest BCUT2D eigenvalue weighted by Crippen LogP contribution is -2.50. The van der Waals surface area contributed by atoms with Crippen LogP contribution < -0.4 is 26.2 Å². The van der Waals surface area contributed by atoms with E-state index in [1.807, 2.05) is 23.1 Å². The molecule has 182 valence electrons. The van der Waals surface area contributed by atoms with Gasteiger partial charge in [0.15, 0.2) is 0 Å². The quantitative estimate of drug-likeness (QED) is 0.457. The Morgan fingerprint density at radius 1 is 1.21 bits per heavy atom. The van der Waals surface area contributed by atoms with Crippen LogP contribution in [0.5, 0.6) is 5.88 Å². The van der Waals surface area contributed by atoms with Gasteiger partial charge in [0.25, 0.3) is 0 Å². The van der Waals surface area contributed by atoms with E-state index in [9.17, 15) is 4.79 Å². The predicted molar refractivity (Wildman–Crippen MR) is 131 cm³/mol. The van der Waals surface area contributed by atoms with Crippen molar-refractivity contribution in [2.75, 3.05) is 24.4 Å². The fourth-order valence-corrected chi connectivity index (χ4v) is 5.39. The van der Waals surface area contributed by atoms with Crippen molar-refractivity contribution in [3.8, 4) is 5.88 Å². The Bertz CT molecular complexity index is 1050. The number of rotatable bonds is 7. The molecule has 3 fully saturated rings. The summed E-state index contributed by atoms with van der Waals surface area (Å²) in [4.78, 5) is 24.0. The molecule has 3 unspecified atom stereocenters. The molecule has 0 spiro atoms. The van der Waals surface area contributed by atoms with Crippen molar-refractivity contribution in [2.24, 2.45) is 0 Å². The van der Waals surface area contributed by atoms with Gasteiger partial charge in [0.1, 0.15) is 18.2 Å². The molecule has 5 heterocycles. The zero-order valence-electron chi connectivity index (χ0n) is 19.7. The molecular weight excluding hydrogens is 434 g/mol. The zero-order valence-corrected chi connectivity index (χ0v) is 19.7. The summed E-state index contributed by atoms with van der Waals surface area (Å²) in [6, 6.07) is 6.75. The maximum atomic E-state index is 12.5. The summed E-state index contributed by atoms with van der Waals surface area (Å²) in [6.07, 6.45) is 6.11. The average molecular weight is 468 g/mol. The van der Waals surface area contributed by atoms with Crippen LogP contribution >= 0.6 is 0 Å². The normalized spacial score (nSPS) is 28.1. The fourth-order valence-electron chi connectivity index (χ4n) is 5.39. The second-order valence-electron chi connectivity index (χ2n) is 9.37. The SMILES string of the molecule is C=CCOC(=O)N1[C@@H]2CC[C@H]1CC(Nc1nc(NC3CC(C)NN3)cc3nc(OC)ccc13)C2. The molecule has 0 aliphatic carbocycles. The lowest BCUT2D eigenvalue weighted by Gasteiger charge is -2.38.